The van der Waals surface area contributed by atoms with Crippen LogP contribution in [0.15, 0.2) is 0 Å². The Balaban J connectivity index is 0.936. The number of hydrogen-bond acceptors (Lipinski definition) is 7. The minimum atomic E-state index is -0.892. The minimum absolute atomic E-state index is 0.00116. The fourth-order valence-electron chi connectivity index (χ4n) is 13.7. The Labute approximate surface area is 279 Å². The maximum atomic E-state index is 11.0. The Morgan fingerprint density at radius 1 is 0.891 bits per heavy atom. The summed E-state index contributed by atoms with van der Waals surface area (Å²) >= 11 is 0. The van der Waals surface area contributed by atoms with E-state index in [0.717, 1.165) is 50.4 Å². The van der Waals surface area contributed by atoms with E-state index in [9.17, 15) is 5.11 Å². The van der Waals surface area contributed by atoms with Crippen LogP contribution in [0.2, 0.25) is 0 Å². The molecule has 0 amide bonds. The van der Waals surface area contributed by atoms with Gasteiger partial charge in [0.25, 0.3) is 0 Å². The zero-order chi connectivity index (χ0) is 32.1. The van der Waals surface area contributed by atoms with Crippen molar-refractivity contribution in [2.45, 2.75) is 148 Å². The Bertz CT molecular complexity index is 1120. The number of morpholine rings is 1. The quantitative estimate of drug-likeness (QED) is 0.325. The van der Waals surface area contributed by atoms with Crippen LogP contribution in [-0.4, -0.2) is 104 Å². The molecule has 1 N–H and O–H groups in total. The maximum absolute atomic E-state index is 11.0. The standard InChI is InChI=1S/C39H66N2O5/c1-7-43-34(36(4,5)42)29-11-9-27-30(45-29)23-28-26-10-12-31-35(2,3)32(13-14-39(31)25-38(26,39)16-15-37(27,28)6)46-33-24-41(21-22-44-33)20-19-40-17-8-18-40/h26-34,42H,7-25H2,1-6H3/t26?,27?,28?,29?,30?,31?,32-,33?,34?,37?,38-,39?/m0/s1. The van der Waals surface area contributed by atoms with E-state index in [1.165, 1.54) is 83.8 Å². The molecule has 8 aliphatic rings. The number of nitrogens with zero attached hydrogens (tertiary/aromatic N) is 2. The van der Waals surface area contributed by atoms with Gasteiger partial charge in [0.1, 0.15) is 6.10 Å². The van der Waals surface area contributed by atoms with E-state index in [4.69, 9.17) is 18.9 Å². The molecule has 0 aromatic heterocycles. The molecule has 7 heteroatoms. The summed E-state index contributed by atoms with van der Waals surface area (Å²) in [4.78, 5) is 5.15. The molecule has 5 saturated carbocycles. The van der Waals surface area contributed by atoms with Crippen molar-refractivity contribution in [3.05, 3.63) is 0 Å². The van der Waals surface area contributed by atoms with Gasteiger partial charge in [-0.2, -0.15) is 0 Å². The number of aliphatic hydroxyl groups is 1. The molecule has 3 saturated heterocycles. The molecule has 8 fully saturated rings. The van der Waals surface area contributed by atoms with Crippen LogP contribution in [0.4, 0.5) is 0 Å². The van der Waals surface area contributed by atoms with E-state index in [-0.39, 0.29) is 23.9 Å². The van der Waals surface area contributed by atoms with Gasteiger partial charge in [0.05, 0.1) is 30.5 Å². The summed E-state index contributed by atoms with van der Waals surface area (Å²) in [6.45, 7) is 21.9. The minimum Gasteiger partial charge on any atom is -0.388 e. The predicted molar refractivity (Wildman–Crippen MR) is 179 cm³/mol. The van der Waals surface area contributed by atoms with E-state index in [2.05, 4.69) is 30.6 Å². The van der Waals surface area contributed by atoms with Crippen LogP contribution in [0, 0.1) is 45.3 Å². The van der Waals surface area contributed by atoms with Crippen molar-refractivity contribution < 1.29 is 24.1 Å². The van der Waals surface area contributed by atoms with E-state index in [1.807, 2.05) is 20.8 Å². The SMILES string of the molecule is CCOC(C1CCC2C(CC3C4CCC5C(C)(C)[C@@H](OC6CN(CCN7CCC7)CCO6)CCC56C[C@@]46CCC23C)O1)C(C)(C)O. The summed E-state index contributed by atoms with van der Waals surface area (Å²) in [5.74, 6) is 3.04. The van der Waals surface area contributed by atoms with E-state index >= 15 is 0 Å². The Morgan fingerprint density at radius 2 is 1.67 bits per heavy atom. The zero-order valence-electron chi connectivity index (χ0n) is 30.1. The van der Waals surface area contributed by atoms with Crippen LogP contribution in [0.5, 0.6) is 0 Å². The highest BCUT2D eigenvalue weighted by molar-refractivity contribution is 5.29. The molecule has 12 atom stereocenters. The molecule has 0 aromatic rings. The average molecular weight is 643 g/mol. The van der Waals surface area contributed by atoms with Crippen molar-refractivity contribution in [3.8, 4) is 0 Å². The topological polar surface area (TPSA) is 63.6 Å². The Kier molecular flexibility index (Phi) is 8.32. The number of rotatable bonds is 9. The van der Waals surface area contributed by atoms with Crippen LogP contribution in [0.25, 0.3) is 0 Å². The molecule has 5 aliphatic carbocycles. The Hall–Kier alpha value is -0.280. The van der Waals surface area contributed by atoms with Gasteiger partial charge >= 0.3 is 0 Å². The highest BCUT2D eigenvalue weighted by Gasteiger charge is 2.80. The first-order chi connectivity index (χ1) is 21.9. The molecule has 2 spiro atoms. The lowest BCUT2D eigenvalue weighted by Crippen LogP contribution is -2.56. The van der Waals surface area contributed by atoms with Gasteiger partial charge in [-0.05, 0) is 150 Å². The molecule has 10 unspecified atom stereocenters. The highest BCUT2D eigenvalue weighted by Crippen LogP contribution is 2.87. The summed E-state index contributed by atoms with van der Waals surface area (Å²) in [6.07, 6.45) is 14.7. The molecule has 3 heterocycles. The average Bonchev–Trinajstić information content (AvgIpc) is 3.56. The molecule has 7 nitrogen and oxygen atoms in total. The molecule has 262 valence electrons. The van der Waals surface area contributed by atoms with Gasteiger partial charge in [-0.3, -0.25) is 4.90 Å². The zero-order valence-corrected chi connectivity index (χ0v) is 30.1. The second kappa shape index (κ2) is 11.6. The van der Waals surface area contributed by atoms with Gasteiger partial charge in [0.2, 0.25) is 0 Å². The van der Waals surface area contributed by atoms with Crippen LogP contribution in [0.1, 0.15) is 112 Å². The molecular weight excluding hydrogens is 576 g/mol. The van der Waals surface area contributed by atoms with Gasteiger partial charge < -0.3 is 29.0 Å². The first-order valence-electron chi connectivity index (χ1n) is 19.6. The lowest BCUT2D eigenvalue weighted by atomic mass is 9.46. The predicted octanol–water partition coefficient (Wildman–Crippen LogP) is 6.12. The summed E-state index contributed by atoms with van der Waals surface area (Å²) in [5.41, 5.74) is 0.758. The van der Waals surface area contributed by atoms with Crippen LogP contribution in [0.3, 0.4) is 0 Å². The Morgan fingerprint density at radius 3 is 2.41 bits per heavy atom. The maximum Gasteiger partial charge on any atom is 0.170 e. The van der Waals surface area contributed by atoms with E-state index < -0.39 is 5.60 Å². The summed E-state index contributed by atoms with van der Waals surface area (Å²) < 4.78 is 26.3. The molecule has 0 radical (unpaired) electrons. The summed E-state index contributed by atoms with van der Waals surface area (Å²) in [6, 6.07) is 0. The number of ether oxygens (including phenoxy) is 4. The van der Waals surface area contributed by atoms with Gasteiger partial charge in [-0.1, -0.05) is 20.8 Å². The van der Waals surface area contributed by atoms with Crippen molar-refractivity contribution >= 4 is 0 Å². The largest absolute Gasteiger partial charge is 0.388 e. The van der Waals surface area contributed by atoms with Crippen molar-refractivity contribution in [3.63, 3.8) is 0 Å². The smallest absolute Gasteiger partial charge is 0.170 e. The lowest BCUT2D eigenvalue weighted by Gasteiger charge is -2.60. The van der Waals surface area contributed by atoms with E-state index in [1.54, 1.807) is 0 Å². The van der Waals surface area contributed by atoms with Crippen molar-refractivity contribution in [1.82, 2.24) is 9.80 Å². The van der Waals surface area contributed by atoms with Crippen molar-refractivity contribution in [1.29, 1.82) is 0 Å². The molecule has 46 heavy (non-hydrogen) atoms. The van der Waals surface area contributed by atoms with Crippen molar-refractivity contribution in [2.75, 3.05) is 52.5 Å². The fraction of sp³-hybridized carbons (Fsp3) is 1.00. The first-order valence-corrected chi connectivity index (χ1v) is 19.6. The van der Waals surface area contributed by atoms with Gasteiger partial charge in [-0.15, -0.1) is 0 Å². The van der Waals surface area contributed by atoms with Crippen molar-refractivity contribution in [2.24, 2.45) is 45.3 Å². The third-order valence-electron chi connectivity index (χ3n) is 16.1. The molecule has 3 aliphatic heterocycles. The number of hydrogen-bond donors (Lipinski definition) is 1. The first kappa shape index (κ1) is 32.9. The monoisotopic (exact) mass is 642 g/mol. The second-order valence-corrected chi connectivity index (χ2v) is 18.8. The highest BCUT2D eigenvalue weighted by atomic mass is 16.7. The van der Waals surface area contributed by atoms with Gasteiger partial charge in [0.15, 0.2) is 6.29 Å². The molecular formula is C39H66N2O5. The summed E-state index contributed by atoms with van der Waals surface area (Å²) in [5, 5.41) is 11.0. The number of fused-ring (bicyclic) bond motifs is 4. The molecule has 8 rings (SSSR count). The van der Waals surface area contributed by atoms with Crippen LogP contribution >= 0.6 is 0 Å². The third-order valence-corrected chi connectivity index (χ3v) is 16.1. The fourth-order valence-corrected chi connectivity index (χ4v) is 13.7. The van der Waals surface area contributed by atoms with Crippen LogP contribution < -0.4 is 0 Å². The number of likely N-dealkylation sites (tertiary alicyclic amines) is 1. The van der Waals surface area contributed by atoms with Gasteiger partial charge in [-0.25, -0.2) is 0 Å². The normalized spacial score (nSPS) is 49.1. The second-order valence-electron chi connectivity index (χ2n) is 18.8. The third kappa shape index (κ3) is 5.05. The van der Waals surface area contributed by atoms with Crippen LogP contribution in [-0.2, 0) is 18.9 Å². The summed E-state index contributed by atoms with van der Waals surface area (Å²) in [7, 11) is 0. The van der Waals surface area contributed by atoms with E-state index in [0.29, 0.717) is 41.0 Å². The molecule has 0 bridgehead atoms. The molecule has 0 aromatic carbocycles. The van der Waals surface area contributed by atoms with Gasteiger partial charge in [0, 0.05) is 32.8 Å². The lowest BCUT2D eigenvalue weighted by molar-refractivity contribution is -0.245.